The molecule has 2 heterocycles. The normalized spacial score (nSPS) is 15.4. The molecule has 3 N–H and O–H groups in total. The predicted octanol–water partition coefficient (Wildman–Crippen LogP) is 2.50. The van der Waals surface area contributed by atoms with E-state index in [1.807, 2.05) is 0 Å². The Balaban J connectivity index is 1.38. The highest BCUT2D eigenvalue weighted by atomic mass is 19.1. The Kier molecular flexibility index (Phi) is 5.80. The van der Waals surface area contributed by atoms with Gasteiger partial charge in [0.1, 0.15) is 35.5 Å². The molecule has 11 heteroatoms. The number of aromatic nitrogens is 3. The lowest BCUT2D eigenvalue weighted by Gasteiger charge is -2.12. The number of ether oxygens (including phenoxy) is 1. The molecule has 1 aliphatic rings. The van der Waals surface area contributed by atoms with Crippen molar-refractivity contribution in [3.63, 3.8) is 0 Å². The molecule has 166 valence electrons. The first kappa shape index (κ1) is 21.3. The van der Waals surface area contributed by atoms with Gasteiger partial charge < -0.3 is 15.4 Å². The van der Waals surface area contributed by atoms with Crippen LogP contribution in [0.15, 0.2) is 30.3 Å². The number of nitrogens with zero attached hydrogens (tertiary/aromatic N) is 2. The number of halogens is 3. The molecule has 0 fully saturated rings. The molecule has 4 rings (SSSR count). The van der Waals surface area contributed by atoms with E-state index in [1.54, 1.807) is 13.0 Å². The molecule has 1 aliphatic heterocycles. The predicted molar refractivity (Wildman–Crippen MR) is 107 cm³/mol. The lowest BCUT2D eigenvalue weighted by molar-refractivity contribution is -0.120. The van der Waals surface area contributed by atoms with Crippen molar-refractivity contribution >= 4 is 17.5 Å². The van der Waals surface area contributed by atoms with E-state index in [-0.39, 0.29) is 48.2 Å². The van der Waals surface area contributed by atoms with Crippen LogP contribution in [0.1, 0.15) is 27.6 Å². The summed E-state index contributed by atoms with van der Waals surface area (Å²) in [6.07, 6.45) is -0.221. The van der Waals surface area contributed by atoms with Crippen LogP contribution in [0.4, 0.5) is 18.9 Å². The molecule has 8 nitrogen and oxygen atoms in total. The van der Waals surface area contributed by atoms with Gasteiger partial charge in [-0.15, -0.1) is 5.10 Å². The molecule has 1 aromatic heterocycles. The number of anilines is 1. The van der Waals surface area contributed by atoms with Crippen molar-refractivity contribution in [3.8, 4) is 5.75 Å². The van der Waals surface area contributed by atoms with E-state index in [0.717, 1.165) is 12.1 Å². The van der Waals surface area contributed by atoms with Gasteiger partial charge in [-0.05, 0) is 36.8 Å². The Morgan fingerprint density at radius 1 is 1.22 bits per heavy atom. The molecule has 0 saturated heterocycles. The van der Waals surface area contributed by atoms with Crippen molar-refractivity contribution in [1.82, 2.24) is 20.5 Å². The van der Waals surface area contributed by atoms with Gasteiger partial charge in [0, 0.05) is 18.5 Å². The number of aromatic amines is 1. The largest absolute Gasteiger partial charge is 0.490 e. The minimum Gasteiger partial charge on any atom is -0.490 e. The molecule has 0 spiro atoms. The van der Waals surface area contributed by atoms with Crippen LogP contribution >= 0.6 is 0 Å². The number of benzene rings is 2. The molecule has 1 atom stereocenters. The van der Waals surface area contributed by atoms with Gasteiger partial charge >= 0.3 is 0 Å². The van der Waals surface area contributed by atoms with Gasteiger partial charge in [-0.25, -0.2) is 18.2 Å². The first-order valence-electron chi connectivity index (χ1n) is 9.68. The highest BCUT2D eigenvalue weighted by molar-refractivity contribution is 5.96. The Hall–Kier alpha value is -3.89. The van der Waals surface area contributed by atoms with Gasteiger partial charge in [-0.3, -0.25) is 14.7 Å². The highest BCUT2D eigenvalue weighted by Crippen LogP contribution is 2.32. The van der Waals surface area contributed by atoms with E-state index >= 15 is 0 Å². The first-order valence-corrected chi connectivity index (χ1v) is 9.68. The van der Waals surface area contributed by atoms with E-state index in [4.69, 9.17) is 4.74 Å². The maximum atomic E-state index is 14.1. The average molecular weight is 445 g/mol. The third kappa shape index (κ3) is 4.41. The van der Waals surface area contributed by atoms with Crippen molar-refractivity contribution in [2.75, 3.05) is 18.5 Å². The maximum Gasteiger partial charge on any atom is 0.290 e. The maximum absolute atomic E-state index is 14.1. The standard InChI is InChI=1S/C21H18F3N5O3/c1-10-5-15(24)18-16(6-10)32-9-11(20(30)27-18)8-25-21(31)19-26-17(28-29-19)7-12-13(22)3-2-4-14(12)23/h2-6,11H,7-9H2,1H3,(H,25,31)(H,27,30)(H,26,28,29). The third-order valence-corrected chi connectivity index (χ3v) is 4.91. The van der Waals surface area contributed by atoms with Gasteiger partial charge in [0.15, 0.2) is 5.82 Å². The van der Waals surface area contributed by atoms with Crippen LogP contribution in [0.3, 0.4) is 0 Å². The van der Waals surface area contributed by atoms with E-state index in [9.17, 15) is 22.8 Å². The van der Waals surface area contributed by atoms with Crippen molar-refractivity contribution in [3.05, 3.63) is 70.6 Å². The van der Waals surface area contributed by atoms with Crippen molar-refractivity contribution < 1.29 is 27.5 Å². The molecular formula is C21H18F3N5O3. The Morgan fingerprint density at radius 2 is 1.97 bits per heavy atom. The molecule has 2 amide bonds. The number of hydrogen-bond acceptors (Lipinski definition) is 5. The number of fused-ring (bicyclic) bond motifs is 1. The Morgan fingerprint density at radius 3 is 2.72 bits per heavy atom. The quantitative estimate of drug-likeness (QED) is 0.559. The fourth-order valence-electron chi connectivity index (χ4n) is 3.23. The summed E-state index contributed by atoms with van der Waals surface area (Å²) in [5.41, 5.74) is 0.385. The lowest BCUT2D eigenvalue weighted by Crippen LogP contribution is -2.38. The summed E-state index contributed by atoms with van der Waals surface area (Å²) in [4.78, 5) is 28.7. The van der Waals surface area contributed by atoms with Crippen LogP contribution in [0.2, 0.25) is 0 Å². The van der Waals surface area contributed by atoms with Gasteiger partial charge in [0.2, 0.25) is 11.7 Å². The van der Waals surface area contributed by atoms with E-state index in [2.05, 4.69) is 25.8 Å². The number of aryl methyl sites for hydroxylation is 1. The minimum atomic E-state index is -0.794. The second kappa shape index (κ2) is 8.69. The number of rotatable bonds is 5. The summed E-state index contributed by atoms with van der Waals surface area (Å²) in [6.45, 7) is 1.50. The first-order chi connectivity index (χ1) is 15.3. The molecule has 0 saturated carbocycles. The SMILES string of the molecule is Cc1cc(F)c2c(c1)OCC(CNC(=O)c1n[nH]c(Cc3c(F)cccc3F)n1)C(=O)N2. The van der Waals surface area contributed by atoms with Crippen LogP contribution < -0.4 is 15.4 Å². The summed E-state index contributed by atoms with van der Waals surface area (Å²) < 4.78 is 47.2. The van der Waals surface area contributed by atoms with Crippen molar-refractivity contribution in [2.45, 2.75) is 13.3 Å². The third-order valence-electron chi connectivity index (χ3n) is 4.91. The molecule has 2 aromatic carbocycles. The number of nitrogens with one attached hydrogen (secondary N) is 3. The molecule has 0 aliphatic carbocycles. The molecule has 3 aromatic rings. The summed E-state index contributed by atoms with van der Waals surface area (Å²) in [6, 6.07) is 6.36. The minimum absolute atomic E-state index is 0.0478. The lowest BCUT2D eigenvalue weighted by atomic mass is 10.1. The van der Waals surface area contributed by atoms with Gasteiger partial charge in [0.05, 0.1) is 5.92 Å². The van der Waals surface area contributed by atoms with E-state index in [1.165, 1.54) is 12.1 Å². The van der Waals surface area contributed by atoms with Crippen LogP contribution in [-0.2, 0) is 11.2 Å². The van der Waals surface area contributed by atoms with Crippen molar-refractivity contribution in [2.24, 2.45) is 5.92 Å². The summed E-state index contributed by atoms with van der Waals surface area (Å²) in [5.74, 6) is -4.04. The smallest absolute Gasteiger partial charge is 0.290 e. The zero-order chi connectivity index (χ0) is 22.8. The molecule has 32 heavy (non-hydrogen) atoms. The molecule has 0 radical (unpaired) electrons. The summed E-state index contributed by atoms with van der Waals surface area (Å²) in [5, 5.41) is 11.2. The zero-order valence-electron chi connectivity index (χ0n) is 16.8. The second-order valence-corrected chi connectivity index (χ2v) is 7.31. The van der Waals surface area contributed by atoms with Crippen molar-refractivity contribution in [1.29, 1.82) is 0 Å². The molecule has 0 bridgehead atoms. The van der Waals surface area contributed by atoms with Gasteiger partial charge in [0.25, 0.3) is 5.91 Å². The number of amides is 2. The highest BCUT2D eigenvalue weighted by Gasteiger charge is 2.28. The topological polar surface area (TPSA) is 109 Å². The van der Waals surface area contributed by atoms with Crippen LogP contribution in [0, 0.1) is 30.3 Å². The Labute approximate surface area is 180 Å². The van der Waals surface area contributed by atoms with Gasteiger partial charge in [-0.1, -0.05) is 6.07 Å². The summed E-state index contributed by atoms with van der Waals surface area (Å²) in [7, 11) is 0. The number of H-pyrrole nitrogens is 1. The van der Waals surface area contributed by atoms with Crippen LogP contribution in [-0.4, -0.2) is 40.1 Å². The van der Waals surface area contributed by atoms with E-state index in [0.29, 0.717) is 5.56 Å². The fraction of sp³-hybridized carbons (Fsp3) is 0.238. The summed E-state index contributed by atoms with van der Waals surface area (Å²) >= 11 is 0. The van der Waals surface area contributed by atoms with Crippen LogP contribution in [0.5, 0.6) is 5.75 Å². The molecular weight excluding hydrogens is 427 g/mol. The zero-order valence-corrected chi connectivity index (χ0v) is 16.8. The van der Waals surface area contributed by atoms with Crippen LogP contribution in [0.25, 0.3) is 0 Å². The monoisotopic (exact) mass is 445 g/mol. The fourth-order valence-corrected chi connectivity index (χ4v) is 3.23. The number of hydrogen-bond donors (Lipinski definition) is 3. The molecule has 1 unspecified atom stereocenters. The van der Waals surface area contributed by atoms with Gasteiger partial charge in [-0.2, -0.15) is 0 Å². The Bertz CT molecular complexity index is 1180. The van der Waals surface area contributed by atoms with E-state index < -0.39 is 35.2 Å². The average Bonchev–Trinajstić information content (AvgIpc) is 3.15. The number of carbonyl (C=O) groups excluding carboxylic acids is 2. The second-order valence-electron chi connectivity index (χ2n) is 7.31. The number of carbonyl (C=O) groups is 2.